The van der Waals surface area contributed by atoms with E-state index in [1.807, 2.05) is 0 Å². The summed E-state index contributed by atoms with van der Waals surface area (Å²) in [4.78, 5) is 21.6. The van der Waals surface area contributed by atoms with E-state index in [9.17, 15) is 22.8 Å². The zero-order valence-corrected chi connectivity index (χ0v) is 9.65. The zero-order chi connectivity index (χ0) is 12.5. The van der Waals surface area contributed by atoms with E-state index >= 15 is 0 Å². The van der Waals surface area contributed by atoms with Crippen molar-refractivity contribution in [2.45, 2.75) is 13.1 Å². The fourth-order valence-electron chi connectivity index (χ4n) is 1.22. The summed E-state index contributed by atoms with van der Waals surface area (Å²) in [6.45, 7) is 1.21. The molecule has 0 amide bonds. The van der Waals surface area contributed by atoms with Gasteiger partial charge in [0.1, 0.15) is 0 Å². The Morgan fingerprint density at radius 1 is 1.38 bits per heavy atom. The van der Waals surface area contributed by atoms with Crippen molar-refractivity contribution in [3.8, 4) is 0 Å². The van der Waals surface area contributed by atoms with Gasteiger partial charge in [-0.15, -0.1) is 0 Å². The molecule has 1 rings (SSSR count). The minimum Gasteiger partial charge on any atom is -0.298 e. The summed E-state index contributed by atoms with van der Waals surface area (Å²) < 4.78 is 37.4. The third-order valence-corrected chi connectivity index (χ3v) is 2.56. The highest BCUT2D eigenvalue weighted by Gasteiger charge is 2.36. The number of carbonyl (C=O) groups is 2. The molecule has 2 nitrogen and oxygen atoms in total. The van der Waals surface area contributed by atoms with Crippen LogP contribution in [0, 0.1) is 0 Å². The van der Waals surface area contributed by atoms with Crippen LogP contribution in [0.15, 0.2) is 16.6 Å². The molecular weight excluding hydrogens is 289 g/mol. The molecule has 0 saturated heterocycles. The average molecular weight is 295 g/mol. The molecule has 0 N–H and O–H groups in total. The van der Waals surface area contributed by atoms with E-state index in [0.717, 1.165) is 12.1 Å². The topological polar surface area (TPSA) is 34.1 Å². The van der Waals surface area contributed by atoms with Crippen LogP contribution >= 0.6 is 15.9 Å². The van der Waals surface area contributed by atoms with Crippen molar-refractivity contribution in [2.75, 3.05) is 0 Å². The van der Waals surface area contributed by atoms with E-state index in [1.54, 1.807) is 0 Å². The van der Waals surface area contributed by atoms with Gasteiger partial charge in [0.05, 0.1) is 5.56 Å². The molecule has 0 unspecified atom stereocenters. The number of Topliss-reactive ketones (excluding diaryl/α,β-unsaturated/α-hetero) is 1. The largest absolute Gasteiger partial charge is 0.418 e. The minimum atomic E-state index is -4.63. The molecule has 0 atom stereocenters. The third kappa shape index (κ3) is 2.49. The Balaban J connectivity index is 3.53. The maximum Gasteiger partial charge on any atom is 0.418 e. The van der Waals surface area contributed by atoms with Crippen LogP contribution in [0.4, 0.5) is 13.2 Å². The van der Waals surface area contributed by atoms with Gasteiger partial charge < -0.3 is 0 Å². The molecule has 0 saturated carbocycles. The molecule has 0 heterocycles. The number of carbonyl (C=O) groups excluding carboxylic acids is 2. The summed E-state index contributed by atoms with van der Waals surface area (Å²) in [5.41, 5.74) is -1.55. The zero-order valence-electron chi connectivity index (χ0n) is 8.06. The Labute approximate surface area is 97.6 Å². The second kappa shape index (κ2) is 4.37. The lowest BCUT2D eigenvalue weighted by molar-refractivity contribution is -0.138. The molecule has 86 valence electrons. The van der Waals surface area contributed by atoms with Crippen LogP contribution in [0.3, 0.4) is 0 Å². The number of ketones is 1. The maximum absolute atomic E-state index is 12.6. The van der Waals surface area contributed by atoms with Gasteiger partial charge in [0.2, 0.25) is 0 Å². The average Bonchev–Trinajstić information content (AvgIpc) is 2.14. The molecule has 0 spiro atoms. The Kier molecular flexibility index (Phi) is 3.52. The number of halogens is 4. The molecule has 6 heteroatoms. The summed E-state index contributed by atoms with van der Waals surface area (Å²) in [5, 5.41) is 0. The van der Waals surface area contributed by atoms with Crippen LogP contribution in [0.5, 0.6) is 0 Å². The molecule has 0 bridgehead atoms. The van der Waals surface area contributed by atoms with Gasteiger partial charge in [-0.05, 0) is 19.1 Å². The van der Waals surface area contributed by atoms with Crippen molar-refractivity contribution in [3.63, 3.8) is 0 Å². The highest BCUT2D eigenvalue weighted by molar-refractivity contribution is 9.10. The molecule has 0 aliphatic heterocycles. The van der Waals surface area contributed by atoms with E-state index in [1.165, 1.54) is 6.92 Å². The number of aldehydes is 1. The Hall–Kier alpha value is -1.17. The first-order valence-corrected chi connectivity index (χ1v) is 4.93. The number of hydrogen-bond acceptors (Lipinski definition) is 2. The van der Waals surface area contributed by atoms with Crippen molar-refractivity contribution < 1.29 is 22.8 Å². The van der Waals surface area contributed by atoms with Crippen molar-refractivity contribution >= 4 is 28.0 Å². The lowest BCUT2D eigenvalue weighted by atomic mass is 10.0. The van der Waals surface area contributed by atoms with Gasteiger partial charge in [0.15, 0.2) is 12.1 Å². The van der Waals surface area contributed by atoms with Gasteiger partial charge in [-0.1, -0.05) is 15.9 Å². The summed E-state index contributed by atoms with van der Waals surface area (Å²) in [7, 11) is 0. The lowest BCUT2D eigenvalue weighted by Gasteiger charge is -2.12. The van der Waals surface area contributed by atoms with Crippen molar-refractivity contribution in [3.05, 3.63) is 33.3 Å². The summed E-state index contributed by atoms with van der Waals surface area (Å²) in [6.07, 6.45) is -4.55. The smallest absolute Gasteiger partial charge is 0.298 e. The molecule has 0 fully saturated rings. The van der Waals surface area contributed by atoms with E-state index in [2.05, 4.69) is 15.9 Å². The fourth-order valence-corrected chi connectivity index (χ4v) is 1.92. The quantitative estimate of drug-likeness (QED) is 0.618. The van der Waals surface area contributed by atoms with Gasteiger partial charge in [-0.3, -0.25) is 9.59 Å². The van der Waals surface area contributed by atoms with Crippen molar-refractivity contribution in [1.29, 1.82) is 0 Å². The number of alkyl halides is 3. The molecule has 0 aromatic heterocycles. The second-order valence-corrected chi connectivity index (χ2v) is 3.95. The number of hydrogen-bond donors (Lipinski definition) is 0. The lowest BCUT2D eigenvalue weighted by Crippen LogP contribution is -2.11. The van der Waals surface area contributed by atoms with Crippen LogP contribution < -0.4 is 0 Å². The van der Waals surface area contributed by atoms with E-state index in [0.29, 0.717) is 0 Å². The fraction of sp³-hybridized carbons (Fsp3) is 0.200. The predicted octanol–water partition coefficient (Wildman–Crippen LogP) is 3.48. The molecule has 0 radical (unpaired) electrons. The van der Waals surface area contributed by atoms with Gasteiger partial charge in [-0.25, -0.2) is 0 Å². The van der Waals surface area contributed by atoms with E-state index in [-0.39, 0.29) is 16.3 Å². The SMILES string of the molecule is CC(=O)c1cc(Br)c(C(F)(F)F)c(C=O)c1. The maximum atomic E-state index is 12.6. The van der Waals surface area contributed by atoms with Gasteiger partial charge in [-0.2, -0.15) is 13.2 Å². The second-order valence-electron chi connectivity index (χ2n) is 3.09. The van der Waals surface area contributed by atoms with Gasteiger partial charge >= 0.3 is 6.18 Å². The van der Waals surface area contributed by atoms with Gasteiger partial charge in [0, 0.05) is 15.6 Å². The monoisotopic (exact) mass is 294 g/mol. The third-order valence-electron chi connectivity index (χ3n) is 1.94. The first kappa shape index (κ1) is 12.9. The highest BCUT2D eigenvalue weighted by atomic mass is 79.9. The molecule has 1 aromatic rings. The Bertz CT molecular complexity index is 452. The van der Waals surface area contributed by atoms with E-state index in [4.69, 9.17) is 0 Å². The van der Waals surface area contributed by atoms with Crippen molar-refractivity contribution in [1.82, 2.24) is 0 Å². The van der Waals surface area contributed by atoms with Crippen LogP contribution in [0.25, 0.3) is 0 Å². The predicted molar refractivity (Wildman–Crippen MR) is 54.5 cm³/mol. The first-order valence-electron chi connectivity index (χ1n) is 4.14. The minimum absolute atomic E-state index is 0.0574. The number of benzene rings is 1. The highest BCUT2D eigenvalue weighted by Crippen LogP contribution is 2.37. The first-order chi connectivity index (χ1) is 7.27. The summed E-state index contributed by atoms with van der Waals surface area (Å²) in [5.74, 6) is -0.405. The van der Waals surface area contributed by atoms with Crippen LogP contribution in [-0.4, -0.2) is 12.1 Å². The number of rotatable bonds is 2. The standard InChI is InChI=1S/C10H6BrF3O2/c1-5(16)6-2-7(4-15)9(8(11)3-6)10(12,13)14/h2-4H,1H3. The molecule has 1 aromatic carbocycles. The normalized spacial score (nSPS) is 11.3. The molecular formula is C10H6BrF3O2. The van der Waals surface area contributed by atoms with E-state index < -0.39 is 23.1 Å². The summed E-state index contributed by atoms with van der Waals surface area (Å²) in [6, 6.07) is 1.99. The summed E-state index contributed by atoms with van der Waals surface area (Å²) >= 11 is 2.71. The Morgan fingerprint density at radius 3 is 2.31 bits per heavy atom. The molecule has 0 aliphatic carbocycles. The van der Waals surface area contributed by atoms with Crippen molar-refractivity contribution in [2.24, 2.45) is 0 Å². The van der Waals surface area contributed by atoms with Crippen LogP contribution in [0.2, 0.25) is 0 Å². The molecule has 0 aliphatic rings. The molecule has 16 heavy (non-hydrogen) atoms. The van der Waals surface area contributed by atoms with Crippen LogP contribution in [-0.2, 0) is 6.18 Å². The van der Waals surface area contributed by atoms with Gasteiger partial charge in [0.25, 0.3) is 0 Å². The van der Waals surface area contributed by atoms with Crippen LogP contribution in [0.1, 0.15) is 33.2 Å². The Morgan fingerprint density at radius 2 is 1.94 bits per heavy atom.